The summed E-state index contributed by atoms with van der Waals surface area (Å²) in [7, 11) is 0. The molecule has 0 spiro atoms. The third-order valence-electron chi connectivity index (χ3n) is 4.47. The van der Waals surface area contributed by atoms with E-state index < -0.39 is 0 Å². The van der Waals surface area contributed by atoms with E-state index in [0.29, 0.717) is 18.2 Å². The zero-order valence-electron chi connectivity index (χ0n) is 15.5. The summed E-state index contributed by atoms with van der Waals surface area (Å²) in [4.78, 5) is 14.8. The van der Waals surface area contributed by atoms with Crippen molar-refractivity contribution in [2.24, 2.45) is 5.92 Å². The highest BCUT2D eigenvalue weighted by Gasteiger charge is 2.27. The Morgan fingerprint density at radius 3 is 2.88 bits per heavy atom. The van der Waals surface area contributed by atoms with Crippen molar-refractivity contribution in [2.75, 3.05) is 18.4 Å². The molecule has 7 heteroatoms. The summed E-state index contributed by atoms with van der Waals surface area (Å²) in [6.45, 7) is 8.48. The quantitative estimate of drug-likeness (QED) is 0.881. The number of piperidine rings is 1. The molecule has 140 valence electrons. The molecular formula is C19H25FN4OS. The summed E-state index contributed by atoms with van der Waals surface area (Å²) in [6, 6.07) is 6.64. The Labute approximate surface area is 157 Å². The Morgan fingerprint density at radius 2 is 2.19 bits per heavy atom. The summed E-state index contributed by atoms with van der Waals surface area (Å²) in [5.41, 5.74) is 0.859. The zero-order valence-corrected chi connectivity index (χ0v) is 16.3. The van der Waals surface area contributed by atoms with Gasteiger partial charge in [-0.15, -0.1) is 10.2 Å². The molecule has 0 aliphatic carbocycles. The third kappa shape index (κ3) is 4.86. The second-order valence-electron chi connectivity index (χ2n) is 7.86. The first kappa shape index (κ1) is 18.9. The van der Waals surface area contributed by atoms with Gasteiger partial charge in [0, 0.05) is 18.5 Å². The van der Waals surface area contributed by atoms with E-state index in [0.717, 1.165) is 30.0 Å². The monoisotopic (exact) mass is 376 g/mol. The summed E-state index contributed by atoms with van der Waals surface area (Å²) >= 11 is 1.43. The van der Waals surface area contributed by atoms with Gasteiger partial charge >= 0.3 is 0 Å². The molecule has 1 aromatic heterocycles. The number of rotatable bonds is 4. The van der Waals surface area contributed by atoms with E-state index in [1.165, 1.54) is 17.4 Å². The van der Waals surface area contributed by atoms with Gasteiger partial charge in [0.25, 0.3) is 0 Å². The molecule has 2 aromatic rings. The summed E-state index contributed by atoms with van der Waals surface area (Å²) < 4.78 is 13.4. The van der Waals surface area contributed by atoms with E-state index in [9.17, 15) is 9.18 Å². The lowest BCUT2D eigenvalue weighted by Gasteiger charge is -2.31. The van der Waals surface area contributed by atoms with Gasteiger partial charge in [-0.3, -0.25) is 9.69 Å². The number of benzene rings is 1. The molecule has 1 saturated heterocycles. The molecule has 1 aliphatic rings. The topological polar surface area (TPSA) is 58.1 Å². The SMILES string of the molecule is CC(C)(C)c1nnc(NC(=O)C2CCCN(Cc3cccc(F)c3)C2)s1. The van der Waals surface area contributed by atoms with Crippen LogP contribution in [0.15, 0.2) is 24.3 Å². The van der Waals surface area contributed by atoms with E-state index in [1.807, 2.05) is 6.07 Å². The number of halogens is 1. The fourth-order valence-corrected chi connectivity index (χ4v) is 3.90. The predicted molar refractivity (Wildman–Crippen MR) is 102 cm³/mol. The summed E-state index contributed by atoms with van der Waals surface area (Å²) in [5.74, 6) is -0.315. The van der Waals surface area contributed by atoms with E-state index >= 15 is 0 Å². The lowest BCUT2D eigenvalue weighted by Crippen LogP contribution is -2.40. The van der Waals surface area contributed by atoms with Gasteiger partial charge in [0.1, 0.15) is 10.8 Å². The van der Waals surface area contributed by atoms with Crippen LogP contribution in [0.1, 0.15) is 44.2 Å². The number of aromatic nitrogens is 2. The first-order valence-corrected chi connectivity index (χ1v) is 9.74. The number of amides is 1. The number of anilines is 1. The minimum atomic E-state index is -0.222. The second kappa shape index (κ2) is 7.80. The Morgan fingerprint density at radius 1 is 1.38 bits per heavy atom. The van der Waals surface area contributed by atoms with E-state index in [2.05, 4.69) is 41.2 Å². The summed E-state index contributed by atoms with van der Waals surface area (Å²) in [5, 5.41) is 12.6. The van der Waals surface area contributed by atoms with Gasteiger partial charge in [0.15, 0.2) is 0 Å². The molecule has 1 aromatic carbocycles. The summed E-state index contributed by atoms with van der Waals surface area (Å²) in [6.07, 6.45) is 1.81. The van der Waals surface area contributed by atoms with E-state index in [1.54, 1.807) is 12.1 Å². The number of nitrogens with one attached hydrogen (secondary N) is 1. The number of carbonyl (C=O) groups is 1. The molecule has 26 heavy (non-hydrogen) atoms. The molecule has 3 rings (SSSR count). The highest BCUT2D eigenvalue weighted by atomic mass is 32.1. The highest BCUT2D eigenvalue weighted by Crippen LogP contribution is 2.28. The molecule has 0 saturated carbocycles. The number of likely N-dealkylation sites (tertiary alicyclic amines) is 1. The molecule has 1 unspecified atom stereocenters. The first-order valence-electron chi connectivity index (χ1n) is 8.93. The van der Waals surface area contributed by atoms with Crippen molar-refractivity contribution in [3.63, 3.8) is 0 Å². The van der Waals surface area contributed by atoms with Crippen molar-refractivity contribution in [3.05, 3.63) is 40.7 Å². The lowest BCUT2D eigenvalue weighted by molar-refractivity contribution is -0.121. The molecule has 0 bridgehead atoms. The third-order valence-corrected chi connectivity index (χ3v) is 5.73. The number of hydrogen-bond donors (Lipinski definition) is 1. The zero-order chi connectivity index (χ0) is 18.7. The van der Waals surface area contributed by atoms with Crippen molar-refractivity contribution in [3.8, 4) is 0 Å². The minimum Gasteiger partial charge on any atom is -0.300 e. The van der Waals surface area contributed by atoms with Crippen LogP contribution in [0.2, 0.25) is 0 Å². The molecule has 5 nitrogen and oxygen atoms in total. The lowest BCUT2D eigenvalue weighted by atomic mass is 9.97. The van der Waals surface area contributed by atoms with Crippen LogP contribution in [0.4, 0.5) is 9.52 Å². The van der Waals surface area contributed by atoms with E-state index in [4.69, 9.17) is 0 Å². The number of nitrogens with zero attached hydrogens (tertiary/aromatic N) is 3. The standard InChI is InChI=1S/C19H25FN4OS/c1-19(2,3)17-22-23-18(26-17)21-16(25)14-7-5-9-24(12-14)11-13-6-4-8-15(20)10-13/h4,6,8,10,14H,5,7,9,11-12H2,1-3H3,(H,21,23,25). The van der Waals surface area contributed by atoms with Crippen LogP contribution in [0.25, 0.3) is 0 Å². The second-order valence-corrected chi connectivity index (χ2v) is 8.83. The van der Waals surface area contributed by atoms with Gasteiger partial charge in [-0.25, -0.2) is 4.39 Å². The predicted octanol–water partition coefficient (Wildman–Crippen LogP) is 3.83. The molecule has 1 fully saturated rings. The van der Waals surface area contributed by atoms with Crippen molar-refractivity contribution in [1.29, 1.82) is 0 Å². The van der Waals surface area contributed by atoms with E-state index in [-0.39, 0.29) is 23.1 Å². The molecule has 2 heterocycles. The Bertz CT molecular complexity index is 771. The maximum atomic E-state index is 13.4. The van der Waals surface area contributed by atoms with Gasteiger partial charge in [-0.05, 0) is 37.1 Å². The van der Waals surface area contributed by atoms with Gasteiger partial charge in [-0.1, -0.05) is 44.2 Å². The Balaban J connectivity index is 1.58. The molecule has 1 atom stereocenters. The average Bonchev–Trinajstić information content (AvgIpc) is 3.04. The van der Waals surface area contributed by atoms with Crippen molar-refractivity contribution in [1.82, 2.24) is 15.1 Å². The van der Waals surface area contributed by atoms with Crippen molar-refractivity contribution < 1.29 is 9.18 Å². The van der Waals surface area contributed by atoms with Gasteiger partial charge in [-0.2, -0.15) is 0 Å². The van der Waals surface area contributed by atoms with Crippen LogP contribution < -0.4 is 5.32 Å². The largest absolute Gasteiger partial charge is 0.300 e. The molecular weight excluding hydrogens is 351 g/mol. The maximum absolute atomic E-state index is 13.4. The smallest absolute Gasteiger partial charge is 0.230 e. The van der Waals surface area contributed by atoms with Crippen LogP contribution in [0.5, 0.6) is 0 Å². The molecule has 1 amide bonds. The van der Waals surface area contributed by atoms with Crippen molar-refractivity contribution in [2.45, 2.75) is 45.6 Å². The fraction of sp³-hybridized carbons (Fsp3) is 0.526. The fourth-order valence-electron chi connectivity index (χ4n) is 3.09. The Hall–Kier alpha value is -1.86. The minimum absolute atomic E-state index is 0.00875. The number of hydrogen-bond acceptors (Lipinski definition) is 5. The normalized spacial score (nSPS) is 18.7. The molecule has 1 N–H and O–H groups in total. The van der Waals surface area contributed by atoms with Crippen LogP contribution >= 0.6 is 11.3 Å². The first-order chi connectivity index (χ1) is 12.3. The van der Waals surface area contributed by atoms with Crippen molar-refractivity contribution >= 4 is 22.4 Å². The highest BCUT2D eigenvalue weighted by molar-refractivity contribution is 7.15. The van der Waals surface area contributed by atoms with Crippen LogP contribution in [0.3, 0.4) is 0 Å². The maximum Gasteiger partial charge on any atom is 0.230 e. The Kier molecular flexibility index (Phi) is 5.67. The molecule has 0 radical (unpaired) electrons. The van der Waals surface area contributed by atoms with Crippen LogP contribution in [-0.2, 0) is 16.8 Å². The van der Waals surface area contributed by atoms with Gasteiger partial charge < -0.3 is 5.32 Å². The van der Waals surface area contributed by atoms with Crippen LogP contribution in [-0.4, -0.2) is 34.1 Å². The van der Waals surface area contributed by atoms with Gasteiger partial charge in [0.05, 0.1) is 5.92 Å². The average molecular weight is 377 g/mol. The molecule has 1 aliphatic heterocycles. The van der Waals surface area contributed by atoms with Gasteiger partial charge in [0.2, 0.25) is 11.0 Å². The van der Waals surface area contributed by atoms with Crippen LogP contribution in [0, 0.1) is 11.7 Å². The number of carbonyl (C=O) groups excluding carboxylic acids is 1.